The fourth-order valence-electron chi connectivity index (χ4n) is 4.45. The highest BCUT2D eigenvalue weighted by atomic mass is 32.1. The number of ether oxygens (including phenoxy) is 1. The lowest BCUT2D eigenvalue weighted by Gasteiger charge is -2.28. The zero-order valence-corrected chi connectivity index (χ0v) is 20.4. The van der Waals surface area contributed by atoms with Crippen molar-refractivity contribution < 1.29 is 38.1 Å². The zero-order valence-electron chi connectivity index (χ0n) is 19.6. The first-order chi connectivity index (χ1) is 16.5. The summed E-state index contributed by atoms with van der Waals surface area (Å²) in [6.07, 6.45) is 4.83. The van der Waals surface area contributed by atoms with Crippen LogP contribution in [-0.4, -0.2) is 65.3 Å². The Morgan fingerprint density at radius 3 is 2.23 bits per heavy atom. The molecule has 1 aromatic heterocycles. The molecule has 1 saturated heterocycles. The van der Waals surface area contributed by atoms with Crippen molar-refractivity contribution in [3.8, 4) is 0 Å². The molecule has 35 heavy (non-hydrogen) atoms. The van der Waals surface area contributed by atoms with E-state index in [1.54, 1.807) is 0 Å². The van der Waals surface area contributed by atoms with Crippen LogP contribution >= 0.6 is 11.3 Å². The van der Waals surface area contributed by atoms with E-state index in [0.717, 1.165) is 32.5 Å². The predicted molar refractivity (Wildman–Crippen MR) is 126 cm³/mol. The summed E-state index contributed by atoms with van der Waals surface area (Å²) in [7, 11) is 0. The van der Waals surface area contributed by atoms with Crippen molar-refractivity contribution >= 4 is 29.2 Å². The molecule has 3 aliphatic rings. The monoisotopic (exact) mass is 514 g/mol. The van der Waals surface area contributed by atoms with E-state index >= 15 is 0 Å². The number of carbonyl (C=O) groups is 3. The number of thiophene rings is 1. The van der Waals surface area contributed by atoms with Crippen molar-refractivity contribution in [2.45, 2.75) is 81.8 Å². The van der Waals surface area contributed by atoms with Crippen molar-refractivity contribution in [3.63, 3.8) is 0 Å². The highest BCUT2D eigenvalue weighted by Gasteiger charge is 2.41. The van der Waals surface area contributed by atoms with Gasteiger partial charge in [-0.3, -0.25) is 4.79 Å². The van der Waals surface area contributed by atoms with Gasteiger partial charge in [-0.2, -0.15) is 0 Å². The molecule has 2 heterocycles. The van der Waals surface area contributed by atoms with Gasteiger partial charge in [0.1, 0.15) is 0 Å². The van der Waals surface area contributed by atoms with E-state index in [1.807, 2.05) is 6.07 Å². The number of carboxylic acid groups (broad SMARTS) is 2. The van der Waals surface area contributed by atoms with Crippen LogP contribution in [0, 0.1) is 6.92 Å². The molecule has 1 aromatic rings. The largest absolute Gasteiger partial charge is 0.478 e. The van der Waals surface area contributed by atoms with Gasteiger partial charge in [0, 0.05) is 67.1 Å². The van der Waals surface area contributed by atoms with Crippen molar-refractivity contribution in [1.29, 1.82) is 0 Å². The van der Waals surface area contributed by atoms with E-state index in [1.165, 1.54) is 21.8 Å². The first-order valence-electron chi connectivity index (χ1n) is 11.8. The van der Waals surface area contributed by atoms with Crippen LogP contribution in [0.1, 0.15) is 71.0 Å². The Kier molecular flexibility index (Phi) is 9.37. The second-order valence-corrected chi connectivity index (χ2v) is 10.5. The molecule has 0 aromatic carbocycles. The lowest BCUT2D eigenvalue weighted by atomic mass is 9.92. The Morgan fingerprint density at radius 2 is 1.66 bits per heavy atom. The third kappa shape index (κ3) is 8.66. The number of hydrogen-bond acceptors (Lipinski definition) is 6. The van der Waals surface area contributed by atoms with Crippen LogP contribution in [0.4, 0.5) is 8.78 Å². The standard InChI is InChI=1S/C20H28F2N2O2S.C4H4O4/c1-12-15(16-10-17(16)23-14-4-8-26-9-5-14)11-18(27-12)19(25)24-13-2-6-20(21,22)7-3-13;5-3(6)1-2-4(7)8/h11,13-14,16-17,23H,2-10H2,1H3,(H,24,25);1-2H,(H,5,6)(H,7,8)/b;2-1+. The first-order valence-corrected chi connectivity index (χ1v) is 12.6. The van der Waals surface area contributed by atoms with Crippen LogP contribution in [0.25, 0.3) is 0 Å². The molecular formula is C24H32F2N2O6S. The van der Waals surface area contributed by atoms with Crippen LogP contribution in [0.2, 0.25) is 0 Å². The Labute approximate surface area is 206 Å². The highest BCUT2D eigenvalue weighted by molar-refractivity contribution is 7.14. The SMILES string of the molecule is Cc1sc(C(=O)NC2CCC(F)(F)CC2)cc1C1CC1NC1CCOCC1.O=C(O)/C=C/C(=O)O. The summed E-state index contributed by atoms with van der Waals surface area (Å²) in [6.45, 7) is 3.75. The lowest BCUT2D eigenvalue weighted by molar-refractivity contribution is -0.134. The van der Waals surface area contributed by atoms with Gasteiger partial charge in [0.05, 0.1) is 4.88 Å². The summed E-state index contributed by atoms with van der Waals surface area (Å²) in [5.74, 6) is -4.70. The third-order valence-electron chi connectivity index (χ3n) is 6.46. The number of aliphatic carboxylic acids is 2. The fourth-order valence-corrected chi connectivity index (χ4v) is 5.45. The lowest BCUT2D eigenvalue weighted by Crippen LogP contribution is -2.40. The van der Waals surface area contributed by atoms with Gasteiger partial charge in [-0.25, -0.2) is 18.4 Å². The maximum Gasteiger partial charge on any atom is 0.328 e. The number of aryl methyl sites for hydroxylation is 1. The van der Waals surface area contributed by atoms with Crippen molar-refractivity contribution in [2.24, 2.45) is 0 Å². The van der Waals surface area contributed by atoms with Gasteiger partial charge < -0.3 is 25.6 Å². The number of halogens is 2. The molecule has 2 aliphatic carbocycles. The van der Waals surface area contributed by atoms with E-state index in [4.69, 9.17) is 14.9 Å². The number of amides is 1. The number of alkyl halides is 2. The van der Waals surface area contributed by atoms with Crippen LogP contribution in [0.5, 0.6) is 0 Å². The molecule has 8 nitrogen and oxygen atoms in total. The van der Waals surface area contributed by atoms with Gasteiger partial charge in [0.2, 0.25) is 5.92 Å². The molecule has 2 saturated carbocycles. The van der Waals surface area contributed by atoms with Crippen molar-refractivity contribution in [1.82, 2.24) is 10.6 Å². The number of carboxylic acids is 2. The van der Waals surface area contributed by atoms with Gasteiger partial charge >= 0.3 is 11.9 Å². The van der Waals surface area contributed by atoms with E-state index in [9.17, 15) is 23.2 Å². The van der Waals surface area contributed by atoms with Crippen LogP contribution < -0.4 is 10.6 Å². The van der Waals surface area contributed by atoms with Gasteiger partial charge in [-0.1, -0.05) is 0 Å². The maximum atomic E-state index is 13.3. The Hall–Kier alpha value is -2.37. The predicted octanol–water partition coefficient (Wildman–Crippen LogP) is 3.70. The van der Waals surface area contributed by atoms with E-state index in [2.05, 4.69) is 17.6 Å². The highest BCUT2D eigenvalue weighted by Crippen LogP contribution is 2.45. The van der Waals surface area contributed by atoms with Crippen LogP contribution in [0.3, 0.4) is 0 Å². The van der Waals surface area contributed by atoms with E-state index in [-0.39, 0.29) is 24.8 Å². The molecule has 0 spiro atoms. The summed E-state index contributed by atoms with van der Waals surface area (Å²) in [4.78, 5) is 33.6. The van der Waals surface area contributed by atoms with Gasteiger partial charge in [0.15, 0.2) is 0 Å². The smallest absolute Gasteiger partial charge is 0.328 e. The minimum absolute atomic E-state index is 0.112. The maximum absolute atomic E-state index is 13.3. The molecule has 4 N–H and O–H groups in total. The molecule has 4 rings (SSSR count). The molecule has 3 fully saturated rings. The molecule has 2 atom stereocenters. The summed E-state index contributed by atoms with van der Waals surface area (Å²) in [5.41, 5.74) is 1.27. The van der Waals surface area contributed by atoms with Gasteiger partial charge in [-0.15, -0.1) is 11.3 Å². The average Bonchev–Trinajstić information content (AvgIpc) is 3.44. The third-order valence-corrected chi connectivity index (χ3v) is 7.53. The normalized spacial score (nSPS) is 24.4. The molecule has 1 aliphatic heterocycles. The Bertz CT molecular complexity index is 918. The Balaban J connectivity index is 0.000000371. The summed E-state index contributed by atoms with van der Waals surface area (Å²) in [5, 5.41) is 22.3. The minimum atomic E-state index is -2.56. The number of rotatable bonds is 7. The van der Waals surface area contributed by atoms with Gasteiger partial charge in [-0.05, 0) is 50.7 Å². The summed E-state index contributed by atoms with van der Waals surface area (Å²) < 4.78 is 32.0. The molecule has 194 valence electrons. The zero-order chi connectivity index (χ0) is 25.6. The molecule has 1 amide bonds. The second kappa shape index (κ2) is 12.0. The molecule has 2 unspecified atom stereocenters. The molecule has 11 heteroatoms. The van der Waals surface area contributed by atoms with Crippen LogP contribution in [-0.2, 0) is 14.3 Å². The second-order valence-electron chi connectivity index (χ2n) is 9.24. The number of hydrogen-bond donors (Lipinski definition) is 4. The average molecular weight is 515 g/mol. The minimum Gasteiger partial charge on any atom is -0.478 e. The molecule has 0 bridgehead atoms. The van der Waals surface area contributed by atoms with Gasteiger partial charge in [0.25, 0.3) is 5.91 Å². The summed E-state index contributed by atoms with van der Waals surface area (Å²) >= 11 is 1.52. The van der Waals surface area contributed by atoms with E-state index < -0.39 is 17.9 Å². The Morgan fingerprint density at radius 1 is 1.06 bits per heavy atom. The first kappa shape index (κ1) is 27.2. The van der Waals surface area contributed by atoms with Crippen LogP contribution in [0.15, 0.2) is 18.2 Å². The summed E-state index contributed by atoms with van der Waals surface area (Å²) in [6, 6.07) is 2.92. The van der Waals surface area contributed by atoms with Crippen molar-refractivity contribution in [3.05, 3.63) is 33.5 Å². The quantitative estimate of drug-likeness (QED) is 0.409. The van der Waals surface area contributed by atoms with E-state index in [0.29, 0.717) is 47.9 Å². The number of carbonyl (C=O) groups excluding carboxylic acids is 1. The number of nitrogens with one attached hydrogen (secondary N) is 2. The molecular weight excluding hydrogens is 482 g/mol. The van der Waals surface area contributed by atoms with Crippen molar-refractivity contribution in [2.75, 3.05) is 13.2 Å². The molecule has 0 radical (unpaired) electrons. The fraction of sp³-hybridized carbons (Fsp3) is 0.625. The topological polar surface area (TPSA) is 125 Å².